The molecule has 0 bridgehead atoms. The van der Waals surface area contributed by atoms with E-state index >= 15 is 0 Å². The van der Waals surface area contributed by atoms with Crippen molar-refractivity contribution in [2.45, 2.75) is 13.8 Å². The minimum atomic E-state index is -2.62. The molecular weight excluding hydrogens is 182 g/mol. The van der Waals surface area contributed by atoms with Gasteiger partial charge in [0, 0.05) is 0 Å². The summed E-state index contributed by atoms with van der Waals surface area (Å²) in [6, 6.07) is 0. The zero-order chi connectivity index (χ0) is 9.15. The summed E-state index contributed by atoms with van der Waals surface area (Å²) in [5.41, 5.74) is 0. The number of hydrogen-bond acceptors (Lipinski definition) is 6. The molecule has 6 N–H and O–H groups in total. The quantitative estimate of drug-likeness (QED) is 0.286. The van der Waals surface area contributed by atoms with Crippen LogP contribution in [0.5, 0.6) is 0 Å². The summed E-state index contributed by atoms with van der Waals surface area (Å²) in [5.74, 6) is 0. The van der Waals surface area contributed by atoms with E-state index in [9.17, 15) is 0 Å². The molecule has 0 fully saturated rings. The van der Waals surface area contributed by atoms with Crippen molar-refractivity contribution in [2.75, 3.05) is 0 Å². The molecule has 0 aliphatic heterocycles. The smallest absolute Gasteiger partial charge is 0.324 e. The van der Waals surface area contributed by atoms with E-state index in [-0.39, 0.29) is 0 Å². The van der Waals surface area contributed by atoms with E-state index in [4.69, 9.17) is 29.4 Å². The van der Waals surface area contributed by atoms with Gasteiger partial charge in [-0.25, -0.2) is 0 Å². The Morgan fingerprint density at radius 2 is 0.600 bits per heavy atom. The van der Waals surface area contributed by atoms with Crippen LogP contribution in [0.25, 0.3) is 0 Å². The van der Waals surface area contributed by atoms with Crippen molar-refractivity contribution in [1.29, 1.82) is 0 Å². The van der Waals surface area contributed by atoms with Crippen LogP contribution in [-0.2, 0) is 0 Å². The third kappa shape index (κ3) is 1300. The fraction of sp³-hybridized carbons (Fsp3) is 1.00. The molecule has 0 aromatic rings. The van der Waals surface area contributed by atoms with Gasteiger partial charge in [-0.3, -0.25) is 0 Å². The van der Waals surface area contributed by atoms with Crippen LogP contribution in [0.15, 0.2) is 0 Å². The lowest BCUT2D eigenvalue weighted by atomic mass is 11.0. The number of rotatable bonds is 0. The molecule has 0 radical (unpaired) electrons. The number of hydrogen-bond donors (Lipinski definition) is 6. The average molecular weight is 194 g/mol. The lowest BCUT2D eigenvalue weighted by molar-refractivity contribution is 0.366. The van der Waals surface area contributed by atoms with Gasteiger partial charge in [0.15, 0.2) is 0 Å². The average Bonchev–Trinajstić information content (AvgIpc) is 1.66. The molecular formula is C2H12O6P2. The minimum absolute atomic E-state index is 2.00. The summed E-state index contributed by atoms with van der Waals surface area (Å²) in [7, 11) is -5.24. The van der Waals surface area contributed by atoms with Crippen LogP contribution in [-0.4, -0.2) is 29.4 Å². The molecule has 0 saturated carbocycles. The molecule has 0 aliphatic rings. The normalized spacial score (nSPS) is 7.80. The van der Waals surface area contributed by atoms with Crippen molar-refractivity contribution in [3.8, 4) is 0 Å². The van der Waals surface area contributed by atoms with Crippen LogP contribution in [0.3, 0.4) is 0 Å². The van der Waals surface area contributed by atoms with E-state index in [0.29, 0.717) is 0 Å². The first-order chi connectivity index (χ1) is 4.46. The van der Waals surface area contributed by atoms with Gasteiger partial charge in [0.2, 0.25) is 0 Å². The first-order valence-corrected chi connectivity index (χ1v) is 4.60. The van der Waals surface area contributed by atoms with Gasteiger partial charge in [0.1, 0.15) is 0 Å². The molecule has 6 nitrogen and oxygen atoms in total. The molecule has 0 atom stereocenters. The first kappa shape index (κ1) is 16.9. The van der Waals surface area contributed by atoms with E-state index in [2.05, 4.69) is 0 Å². The molecule has 0 unspecified atom stereocenters. The molecule has 66 valence electrons. The van der Waals surface area contributed by atoms with Crippen LogP contribution < -0.4 is 0 Å². The highest BCUT2D eigenvalue weighted by atomic mass is 31.2. The Morgan fingerprint density at radius 1 is 0.600 bits per heavy atom. The van der Waals surface area contributed by atoms with Gasteiger partial charge >= 0.3 is 17.2 Å². The zero-order valence-corrected chi connectivity index (χ0v) is 7.37. The lowest BCUT2D eigenvalue weighted by Crippen LogP contribution is -1.54. The molecule has 0 saturated heterocycles. The monoisotopic (exact) mass is 194 g/mol. The van der Waals surface area contributed by atoms with Crippen molar-refractivity contribution in [3.63, 3.8) is 0 Å². The van der Waals surface area contributed by atoms with Gasteiger partial charge in [0.25, 0.3) is 0 Å². The SMILES string of the molecule is CC.OP(O)O.OP(O)O. The molecule has 0 spiro atoms. The van der Waals surface area contributed by atoms with E-state index < -0.39 is 17.2 Å². The van der Waals surface area contributed by atoms with Crippen molar-refractivity contribution in [2.24, 2.45) is 0 Å². The highest BCUT2D eigenvalue weighted by Crippen LogP contribution is 2.12. The second kappa shape index (κ2) is 16.3. The minimum Gasteiger partial charge on any atom is -0.328 e. The Kier molecular flexibility index (Phi) is 27.6. The maximum atomic E-state index is 7.23. The summed E-state index contributed by atoms with van der Waals surface area (Å²) in [5, 5.41) is 0. The van der Waals surface area contributed by atoms with Crippen molar-refractivity contribution in [1.82, 2.24) is 0 Å². The molecule has 0 aliphatic carbocycles. The highest BCUT2D eigenvalue weighted by molar-refractivity contribution is 7.38. The summed E-state index contributed by atoms with van der Waals surface area (Å²) in [6.45, 7) is 4.00. The molecule has 0 aromatic carbocycles. The first-order valence-electron chi connectivity index (χ1n) is 2.20. The maximum Gasteiger partial charge on any atom is 0.324 e. The van der Waals surface area contributed by atoms with E-state index in [0.717, 1.165) is 0 Å². The Morgan fingerprint density at radius 3 is 0.600 bits per heavy atom. The Balaban J connectivity index is -0.0000000787. The molecule has 0 amide bonds. The predicted molar refractivity (Wildman–Crippen MR) is 38.5 cm³/mol. The Hall–Kier alpha value is 0.620. The van der Waals surface area contributed by atoms with Gasteiger partial charge in [-0.05, 0) is 0 Å². The molecule has 8 heteroatoms. The van der Waals surface area contributed by atoms with Gasteiger partial charge in [-0.1, -0.05) is 13.8 Å². The topological polar surface area (TPSA) is 121 Å². The van der Waals surface area contributed by atoms with Crippen LogP contribution in [0.1, 0.15) is 13.8 Å². The van der Waals surface area contributed by atoms with Gasteiger partial charge in [-0.15, -0.1) is 0 Å². The summed E-state index contributed by atoms with van der Waals surface area (Å²) in [6.07, 6.45) is 0. The second-order valence-corrected chi connectivity index (χ2v) is 1.61. The van der Waals surface area contributed by atoms with E-state index in [1.807, 2.05) is 13.8 Å². The molecule has 0 heterocycles. The van der Waals surface area contributed by atoms with E-state index in [1.54, 1.807) is 0 Å². The fourth-order valence-corrected chi connectivity index (χ4v) is 0. The fourth-order valence-electron chi connectivity index (χ4n) is 0. The third-order valence-corrected chi connectivity index (χ3v) is 0. The Labute approximate surface area is 61.4 Å². The standard InChI is InChI=1S/C2H6.2H3O3P/c1-2;2*1-4(2)3/h1-2H3;2*1-3H. The highest BCUT2D eigenvalue weighted by Gasteiger charge is 1.76. The molecule has 0 rings (SSSR count). The largest absolute Gasteiger partial charge is 0.328 e. The predicted octanol–water partition coefficient (Wildman–Crippen LogP) is -0.593. The van der Waals surface area contributed by atoms with Gasteiger partial charge in [-0.2, -0.15) is 0 Å². The van der Waals surface area contributed by atoms with Gasteiger partial charge < -0.3 is 29.4 Å². The zero-order valence-electron chi connectivity index (χ0n) is 5.58. The van der Waals surface area contributed by atoms with Crippen LogP contribution in [0, 0.1) is 0 Å². The van der Waals surface area contributed by atoms with E-state index in [1.165, 1.54) is 0 Å². The van der Waals surface area contributed by atoms with Gasteiger partial charge in [0.05, 0.1) is 0 Å². The van der Waals surface area contributed by atoms with Crippen molar-refractivity contribution < 1.29 is 29.4 Å². The molecule has 10 heavy (non-hydrogen) atoms. The van der Waals surface area contributed by atoms with Crippen LogP contribution in [0.4, 0.5) is 0 Å². The lowest BCUT2D eigenvalue weighted by Gasteiger charge is -1.76. The molecule has 0 aromatic heterocycles. The summed E-state index contributed by atoms with van der Waals surface area (Å²) in [4.78, 5) is 43.4. The summed E-state index contributed by atoms with van der Waals surface area (Å²) >= 11 is 0. The van der Waals surface area contributed by atoms with Crippen LogP contribution in [0.2, 0.25) is 0 Å². The maximum absolute atomic E-state index is 7.23. The second-order valence-electron chi connectivity index (χ2n) is 0.537. The van der Waals surface area contributed by atoms with Crippen molar-refractivity contribution in [3.05, 3.63) is 0 Å². The van der Waals surface area contributed by atoms with Crippen molar-refractivity contribution >= 4 is 17.2 Å². The Bertz CT molecular complexity index is 29.2. The summed E-state index contributed by atoms with van der Waals surface area (Å²) < 4.78 is 0. The van der Waals surface area contributed by atoms with Crippen LogP contribution >= 0.6 is 17.2 Å². The third-order valence-electron chi connectivity index (χ3n) is 0.